The van der Waals surface area contributed by atoms with E-state index < -0.39 is 0 Å². The van der Waals surface area contributed by atoms with Crippen LogP contribution in [0.2, 0.25) is 0 Å². The molecule has 0 heterocycles. The third kappa shape index (κ3) is 18.1. The minimum atomic E-state index is 0.123. The van der Waals surface area contributed by atoms with Gasteiger partial charge in [0.05, 0.1) is 19.3 Å². The van der Waals surface area contributed by atoms with Crippen molar-refractivity contribution in [3.05, 3.63) is 0 Å². The maximum atomic E-state index is 8.19. The predicted molar refractivity (Wildman–Crippen MR) is 36.3 cm³/mol. The maximum absolute atomic E-state index is 8.19. The molecule has 0 saturated carbocycles. The number of ether oxygens (including phenoxy) is 1. The van der Waals surface area contributed by atoms with Crippen molar-refractivity contribution < 1.29 is 14.9 Å². The molecule has 0 aliphatic carbocycles. The van der Waals surface area contributed by atoms with Crippen LogP contribution >= 0.6 is 0 Å². The first-order valence-corrected chi connectivity index (χ1v) is 2.94. The Labute approximate surface area is 56.3 Å². The normalized spacial score (nSPS) is 8.67. The lowest BCUT2D eigenvalue weighted by Crippen LogP contribution is -2.06. The van der Waals surface area contributed by atoms with E-state index in [0.717, 1.165) is 7.11 Å². The van der Waals surface area contributed by atoms with Crippen LogP contribution in [-0.4, -0.2) is 36.6 Å². The van der Waals surface area contributed by atoms with E-state index in [1.165, 1.54) is 0 Å². The minimum Gasteiger partial charge on any atom is -0.400 e. The second-order valence-corrected chi connectivity index (χ2v) is 1.64. The molecule has 0 aliphatic rings. The predicted octanol–water partition coefficient (Wildman–Crippen LogP) is 0.0122. The highest BCUT2D eigenvalue weighted by Crippen LogP contribution is 1.83. The maximum Gasteiger partial charge on any atom is 0.0701 e. The molecule has 0 radical (unpaired) electrons. The Morgan fingerprint density at radius 1 is 1.33 bits per heavy atom. The molecule has 0 aliphatic heterocycles. The van der Waals surface area contributed by atoms with E-state index in [4.69, 9.17) is 14.9 Å². The smallest absolute Gasteiger partial charge is 0.0701 e. The third-order valence-corrected chi connectivity index (χ3v) is 0.542. The van der Waals surface area contributed by atoms with Crippen molar-refractivity contribution in [1.82, 2.24) is 0 Å². The Morgan fingerprint density at radius 3 is 1.89 bits per heavy atom. The number of hydrogen-bond donors (Lipinski definition) is 2. The van der Waals surface area contributed by atoms with E-state index in [9.17, 15) is 0 Å². The van der Waals surface area contributed by atoms with Gasteiger partial charge in [-0.1, -0.05) is 0 Å². The summed E-state index contributed by atoms with van der Waals surface area (Å²) in [7, 11) is 1.00. The number of rotatable bonds is 3. The summed E-state index contributed by atoms with van der Waals surface area (Å²) in [5, 5.41) is 15.2. The van der Waals surface area contributed by atoms with Gasteiger partial charge in [-0.25, -0.2) is 0 Å². The monoisotopic (exact) mass is 136 g/mol. The van der Waals surface area contributed by atoms with Gasteiger partial charge in [0.25, 0.3) is 0 Å². The van der Waals surface area contributed by atoms with E-state index in [1.54, 1.807) is 0 Å². The minimum absolute atomic E-state index is 0.123. The van der Waals surface area contributed by atoms with Crippen molar-refractivity contribution in [3.63, 3.8) is 0 Å². The standard InChI is InChI=1S/C5H12O2.CH4O/c1-5(2)7-4-3-6;1-2/h5-6H,3-4H2,1-2H3;2H,1H3. The van der Waals surface area contributed by atoms with Crippen LogP contribution in [0, 0.1) is 0 Å². The fourth-order valence-corrected chi connectivity index (χ4v) is 0.288. The zero-order valence-corrected chi connectivity index (χ0v) is 6.29. The van der Waals surface area contributed by atoms with Crippen LogP contribution < -0.4 is 0 Å². The summed E-state index contributed by atoms with van der Waals surface area (Å²) in [6.07, 6.45) is 0.243. The van der Waals surface area contributed by atoms with Crippen molar-refractivity contribution >= 4 is 0 Å². The number of aliphatic hydroxyl groups excluding tert-OH is 2. The van der Waals surface area contributed by atoms with Gasteiger partial charge in [0, 0.05) is 7.11 Å². The van der Waals surface area contributed by atoms with Crippen molar-refractivity contribution in [2.45, 2.75) is 20.0 Å². The van der Waals surface area contributed by atoms with Crippen LogP contribution in [0.3, 0.4) is 0 Å². The molecule has 2 N–H and O–H groups in total. The van der Waals surface area contributed by atoms with Gasteiger partial charge in [-0.2, -0.15) is 0 Å². The van der Waals surface area contributed by atoms with Crippen LogP contribution in [0.4, 0.5) is 0 Å². The summed E-state index contributed by atoms with van der Waals surface area (Å²) in [4.78, 5) is 0. The highest BCUT2D eigenvalue weighted by Gasteiger charge is 1.87. The van der Waals surface area contributed by atoms with E-state index in [-0.39, 0.29) is 12.7 Å². The molecule has 58 valence electrons. The van der Waals surface area contributed by atoms with Gasteiger partial charge in [0.2, 0.25) is 0 Å². The molecule has 3 nitrogen and oxygen atoms in total. The molecule has 0 bridgehead atoms. The average molecular weight is 136 g/mol. The molecular weight excluding hydrogens is 120 g/mol. The molecule has 0 unspecified atom stereocenters. The number of hydrogen-bond acceptors (Lipinski definition) is 3. The Hall–Kier alpha value is -0.120. The van der Waals surface area contributed by atoms with Crippen LogP contribution in [0.5, 0.6) is 0 Å². The van der Waals surface area contributed by atoms with Crippen LogP contribution in [0.15, 0.2) is 0 Å². The van der Waals surface area contributed by atoms with Crippen molar-refractivity contribution in [3.8, 4) is 0 Å². The molecule has 0 rings (SSSR count). The first-order chi connectivity index (χ1) is 4.27. The van der Waals surface area contributed by atoms with Gasteiger partial charge in [0.1, 0.15) is 0 Å². The summed E-state index contributed by atoms with van der Waals surface area (Å²) in [6.45, 7) is 4.46. The van der Waals surface area contributed by atoms with E-state index in [1.807, 2.05) is 13.8 Å². The van der Waals surface area contributed by atoms with Crippen molar-refractivity contribution in [2.24, 2.45) is 0 Å². The molecule has 0 atom stereocenters. The summed E-state index contributed by atoms with van der Waals surface area (Å²) in [5.41, 5.74) is 0. The lowest BCUT2D eigenvalue weighted by molar-refractivity contribution is 0.0494. The van der Waals surface area contributed by atoms with Crippen molar-refractivity contribution in [2.75, 3.05) is 20.3 Å². The highest BCUT2D eigenvalue weighted by molar-refractivity contribution is 4.33. The fraction of sp³-hybridized carbons (Fsp3) is 1.00. The first-order valence-electron chi connectivity index (χ1n) is 2.94. The lowest BCUT2D eigenvalue weighted by atomic mass is 10.5. The van der Waals surface area contributed by atoms with Crippen LogP contribution in [-0.2, 0) is 4.74 Å². The van der Waals surface area contributed by atoms with Crippen molar-refractivity contribution in [1.29, 1.82) is 0 Å². The SMILES string of the molecule is CC(C)OCCO.CO. The fourth-order valence-electron chi connectivity index (χ4n) is 0.288. The highest BCUT2D eigenvalue weighted by atomic mass is 16.5. The largest absolute Gasteiger partial charge is 0.400 e. The van der Waals surface area contributed by atoms with Gasteiger partial charge in [-0.3, -0.25) is 0 Å². The number of aliphatic hydroxyl groups is 2. The molecule has 0 spiro atoms. The Kier molecular flexibility index (Phi) is 14.0. The molecule has 9 heavy (non-hydrogen) atoms. The molecule has 0 fully saturated rings. The topological polar surface area (TPSA) is 49.7 Å². The quantitative estimate of drug-likeness (QED) is 0.574. The van der Waals surface area contributed by atoms with Gasteiger partial charge in [-0.15, -0.1) is 0 Å². The summed E-state index contributed by atoms with van der Waals surface area (Å²) in [5.74, 6) is 0. The second kappa shape index (κ2) is 10.8. The molecule has 0 aromatic carbocycles. The molecule has 0 saturated heterocycles. The Morgan fingerprint density at radius 2 is 1.78 bits per heavy atom. The van der Waals surface area contributed by atoms with Crippen LogP contribution in [0.1, 0.15) is 13.8 Å². The second-order valence-electron chi connectivity index (χ2n) is 1.64. The Balaban J connectivity index is 0. The zero-order chi connectivity index (χ0) is 7.70. The van der Waals surface area contributed by atoms with E-state index in [2.05, 4.69) is 0 Å². The van der Waals surface area contributed by atoms with E-state index in [0.29, 0.717) is 6.61 Å². The Bertz CT molecular complexity index is 37.3. The lowest BCUT2D eigenvalue weighted by Gasteiger charge is -2.02. The third-order valence-electron chi connectivity index (χ3n) is 0.542. The molecule has 0 aromatic rings. The molecule has 0 amide bonds. The summed E-state index contributed by atoms with van der Waals surface area (Å²) in [6, 6.07) is 0. The summed E-state index contributed by atoms with van der Waals surface area (Å²) >= 11 is 0. The molecular formula is C6H16O3. The average Bonchev–Trinajstić information content (AvgIpc) is 1.88. The molecule has 0 aromatic heterocycles. The van der Waals surface area contributed by atoms with Gasteiger partial charge < -0.3 is 14.9 Å². The zero-order valence-electron chi connectivity index (χ0n) is 6.29. The van der Waals surface area contributed by atoms with Gasteiger partial charge >= 0.3 is 0 Å². The first kappa shape index (κ1) is 11.6. The molecule has 3 heteroatoms. The van der Waals surface area contributed by atoms with E-state index >= 15 is 0 Å². The summed E-state index contributed by atoms with van der Waals surface area (Å²) < 4.78 is 4.94. The van der Waals surface area contributed by atoms with Gasteiger partial charge in [-0.05, 0) is 13.8 Å². The van der Waals surface area contributed by atoms with Crippen LogP contribution in [0.25, 0.3) is 0 Å². The van der Waals surface area contributed by atoms with Gasteiger partial charge in [0.15, 0.2) is 0 Å².